The minimum Gasteiger partial charge on any atom is -0.481 e. The Labute approximate surface area is 112 Å². The number of carboxylic acids is 1. The third-order valence-electron chi connectivity index (χ3n) is 1.73. The van der Waals surface area contributed by atoms with Gasteiger partial charge in [0.15, 0.2) is 0 Å². The van der Waals surface area contributed by atoms with Gasteiger partial charge in [0, 0.05) is 11.5 Å². The zero-order valence-corrected chi connectivity index (χ0v) is 11.4. The molecule has 0 aliphatic heterocycles. The molecule has 0 fully saturated rings. The van der Waals surface area contributed by atoms with Crippen molar-refractivity contribution < 1.29 is 14.7 Å². The summed E-state index contributed by atoms with van der Waals surface area (Å²) in [4.78, 5) is 21.7. The summed E-state index contributed by atoms with van der Waals surface area (Å²) in [5, 5.41) is 8.42. The van der Waals surface area contributed by atoms with E-state index in [-0.39, 0.29) is 10.9 Å². The van der Waals surface area contributed by atoms with Gasteiger partial charge < -0.3 is 5.11 Å². The highest BCUT2D eigenvalue weighted by Gasteiger charge is 2.05. The van der Waals surface area contributed by atoms with E-state index >= 15 is 0 Å². The molecular formula is C11H12O3S3. The Bertz CT molecular complexity index is 367. The predicted octanol–water partition coefficient (Wildman–Crippen LogP) is 3.90. The first-order valence-corrected chi connectivity index (χ1v) is 8.21. The van der Waals surface area contributed by atoms with E-state index in [4.69, 9.17) is 5.11 Å². The summed E-state index contributed by atoms with van der Waals surface area (Å²) in [6.45, 7) is 0. The molecule has 0 heterocycles. The summed E-state index contributed by atoms with van der Waals surface area (Å²) in [6, 6.07) is 9.77. The van der Waals surface area contributed by atoms with Crippen molar-refractivity contribution in [2.24, 2.45) is 0 Å². The number of hydrogen-bond acceptors (Lipinski definition) is 5. The molecule has 0 atom stereocenters. The Balaban J connectivity index is 2.11. The Morgan fingerprint density at radius 3 is 2.53 bits per heavy atom. The zero-order valence-electron chi connectivity index (χ0n) is 9.00. The van der Waals surface area contributed by atoms with E-state index in [9.17, 15) is 9.59 Å². The van der Waals surface area contributed by atoms with Gasteiger partial charge >= 0.3 is 5.97 Å². The predicted molar refractivity (Wildman–Crippen MR) is 75.4 cm³/mol. The second kappa shape index (κ2) is 8.49. The van der Waals surface area contributed by atoms with Crippen LogP contribution in [0.4, 0.5) is 4.79 Å². The summed E-state index contributed by atoms with van der Waals surface area (Å²) in [6.07, 6.45) is 0.0916. The average Bonchev–Trinajstić information content (AvgIpc) is 2.33. The molecule has 1 aromatic rings. The van der Waals surface area contributed by atoms with Crippen LogP contribution in [0.2, 0.25) is 0 Å². The number of carbonyl (C=O) groups excluding carboxylic acids is 1. The second-order valence-electron chi connectivity index (χ2n) is 3.07. The molecule has 0 bridgehead atoms. The minimum absolute atomic E-state index is 0.0178. The largest absolute Gasteiger partial charge is 0.481 e. The number of rotatable bonds is 6. The van der Waals surface area contributed by atoms with Gasteiger partial charge in [-0.25, -0.2) is 0 Å². The van der Waals surface area contributed by atoms with Crippen LogP contribution in [0.3, 0.4) is 0 Å². The molecule has 0 amide bonds. The van der Waals surface area contributed by atoms with E-state index in [2.05, 4.69) is 0 Å². The molecule has 0 spiro atoms. The summed E-state index contributed by atoms with van der Waals surface area (Å²) in [5.41, 5.74) is 1.11. The Hall–Kier alpha value is -0.590. The normalized spacial score (nSPS) is 10.1. The fourth-order valence-electron chi connectivity index (χ4n) is 0.959. The van der Waals surface area contributed by atoms with Crippen molar-refractivity contribution in [1.29, 1.82) is 0 Å². The van der Waals surface area contributed by atoms with Crippen LogP contribution in [0.1, 0.15) is 12.0 Å². The average molecular weight is 288 g/mol. The number of thioether (sulfide) groups is 1. The van der Waals surface area contributed by atoms with Crippen molar-refractivity contribution in [3.05, 3.63) is 35.9 Å². The molecule has 0 aliphatic carbocycles. The fraction of sp³-hybridized carbons (Fsp3) is 0.273. The van der Waals surface area contributed by atoms with Gasteiger partial charge in [0.1, 0.15) is 0 Å². The summed E-state index contributed by atoms with van der Waals surface area (Å²) < 4.78 is 0.0178. The molecule has 3 nitrogen and oxygen atoms in total. The van der Waals surface area contributed by atoms with Crippen LogP contribution in [0.5, 0.6) is 0 Å². The van der Waals surface area contributed by atoms with Gasteiger partial charge in [-0.2, -0.15) is 0 Å². The Morgan fingerprint density at radius 2 is 1.88 bits per heavy atom. The van der Waals surface area contributed by atoms with E-state index in [0.29, 0.717) is 11.5 Å². The van der Waals surface area contributed by atoms with Gasteiger partial charge in [-0.1, -0.05) is 52.9 Å². The monoisotopic (exact) mass is 288 g/mol. The van der Waals surface area contributed by atoms with Crippen molar-refractivity contribution in [3.63, 3.8) is 0 Å². The fourth-order valence-corrected chi connectivity index (χ4v) is 3.90. The third kappa shape index (κ3) is 7.36. The van der Waals surface area contributed by atoms with Crippen molar-refractivity contribution >= 4 is 43.8 Å². The van der Waals surface area contributed by atoms with Crippen molar-refractivity contribution in [2.45, 2.75) is 12.2 Å². The highest BCUT2D eigenvalue weighted by atomic mass is 33.1. The van der Waals surface area contributed by atoms with Gasteiger partial charge in [0.25, 0.3) is 4.45 Å². The molecule has 1 N–H and O–H groups in total. The van der Waals surface area contributed by atoms with Crippen molar-refractivity contribution in [2.75, 3.05) is 5.75 Å². The molecule has 0 saturated carbocycles. The molecule has 0 unspecified atom stereocenters. The summed E-state index contributed by atoms with van der Waals surface area (Å²) in [5.74, 6) is 0.284. The lowest BCUT2D eigenvalue weighted by molar-refractivity contribution is -0.136. The van der Waals surface area contributed by atoms with E-state index < -0.39 is 5.97 Å². The molecular weight excluding hydrogens is 276 g/mol. The first kappa shape index (κ1) is 14.5. The highest BCUT2D eigenvalue weighted by molar-refractivity contribution is 8.85. The van der Waals surface area contributed by atoms with E-state index in [1.54, 1.807) is 0 Å². The first-order chi connectivity index (χ1) is 8.18. The Morgan fingerprint density at radius 1 is 1.18 bits per heavy atom. The number of hydrogen-bond donors (Lipinski definition) is 1. The van der Waals surface area contributed by atoms with E-state index in [1.807, 2.05) is 30.3 Å². The highest BCUT2D eigenvalue weighted by Crippen LogP contribution is 2.30. The lowest BCUT2D eigenvalue weighted by Gasteiger charge is -2.00. The summed E-state index contributed by atoms with van der Waals surface area (Å²) in [7, 11) is 2.41. The van der Waals surface area contributed by atoms with Crippen LogP contribution < -0.4 is 0 Å². The summed E-state index contributed by atoms with van der Waals surface area (Å²) >= 11 is 1.24. The molecule has 1 rings (SSSR count). The van der Waals surface area contributed by atoms with Crippen LogP contribution in [0.15, 0.2) is 30.3 Å². The standard InChI is InChI=1S/C11H12O3S3/c12-10(13)6-7-16-17-11(14)15-8-9-4-2-1-3-5-9/h1-5H,6-8H2,(H,12,13). The molecule has 0 aliphatic rings. The molecule has 0 saturated heterocycles. The van der Waals surface area contributed by atoms with Crippen molar-refractivity contribution in [3.8, 4) is 0 Å². The lowest BCUT2D eigenvalue weighted by atomic mass is 10.2. The molecule has 92 valence electrons. The molecule has 6 heteroatoms. The number of carboxylic acid groups (broad SMARTS) is 1. The number of aliphatic carboxylic acids is 1. The maximum Gasteiger partial charge on any atom is 0.304 e. The van der Waals surface area contributed by atoms with Gasteiger partial charge in [-0.3, -0.25) is 9.59 Å². The van der Waals surface area contributed by atoms with E-state index in [0.717, 1.165) is 16.4 Å². The number of carbonyl (C=O) groups is 2. The maximum absolute atomic E-state index is 11.4. The second-order valence-corrected chi connectivity index (χ2v) is 6.67. The van der Waals surface area contributed by atoms with Crippen LogP contribution in [0.25, 0.3) is 0 Å². The van der Waals surface area contributed by atoms with Crippen LogP contribution in [0, 0.1) is 0 Å². The first-order valence-electron chi connectivity index (χ1n) is 4.90. The van der Waals surface area contributed by atoms with Crippen LogP contribution in [-0.4, -0.2) is 21.3 Å². The smallest absolute Gasteiger partial charge is 0.304 e. The van der Waals surface area contributed by atoms with Gasteiger partial charge in [0.05, 0.1) is 6.42 Å². The van der Waals surface area contributed by atoms with Crippen LogP contribution in [-0.2, 0) is 10.5 Å². The quantitative estimate of drug-likeness (QED) is 0.633. The SMILES string of the molecule is O=C(O)CCSSC(=O)SCc1ccccc1. The van der Waals surface area contributed by atoms with Gasteiger partial charge in [0.2, 0.25) is 0 Å². The van der Waals surface area contributed by atoms with Crippen LogP contribution >= 0.6 is 33.3 Å². The van der Waals surface area contributed by atoms with Gasteiger partial charge in [-0.15, -0.1) is 0 Å². The van der Waals surface area contributed by atoms with Crippen molar-refractivity contribution in [1.82, 2.24) is 0 Å². The maximum atomic E-state index is 11.4. The van der Waals surface area contributed by atoms with E-state index in [1.165, 1.54) is 22.6 Å². The molecule has 1 aromatic carbocycles. The van der Waals surface area contributed by atoms with Gasteiger partial charge in [-0.05, 0) is 16.4 Å². The topological polar surface area (TPSA) is 54.4 Å². The minimum atomic E-state index is -0.831. The molecule has 0 aromatic heterocycles. The lowest BCUT2D eigenvalue weighted by Crippen LogP contribution is -1.95. The zero-order chi connectivity index (χ0) is 12.5. The molecule has 0 radical (unpaired) electrons. The Kier molecular flexibility index (Phi) is 7.23. The molecule has 17 heavy (non-hydrogen) atoms. The third-order valence-corrected chi connectivity index (χ3v) is 5.29. The number of benzene rings is 1.